The summed E-state index contributed by atoms with van der Waals surface area (Å²) in [6.45, 7) is 0.470. The van der Waals surface area contributed by atoms with Gasteiger partial charge in [0.2, 0.25) is 15.0 Å². The summed E-state index contributed by atoms with van der Waals surface area (Å²) in [5.74, 6) is -0.0599. The number of hydrogen-bond acceptors (Lipinski definition) is 7. The SMILES string of the molecule is COc1cc(-c2nc(S(C)(=O)=O)nc3c2CN(Cc2cccnc2)C3=O)c(Cl)cc1Cl. The molecule has 0 N–H and O–H groups in total. The lowest BCUT2D eigenvalue weighted by Gasteiger charge is -2.15. The normalized spacial score (nSPS) is 13.4. The van der Waals surface area contributed by atoms with Crippen LogP contribution in [0.4, 0.5) is 0 Å². The molecule has 0 radical (unpaired) electrons. The molecule has 0 fully saturated rings. The van der Waals surface area contributed by atoms with E-state index in [1.54, 1.807) is 29.4 Å². The minimum Gasteiger partial charge on any atom is -0.495 e. The highest BCUT2D eigenvalue weighted by Crippen LogP contribution is 2.40. The zero-order valence-corrected chi connectivity index (χ0v) is 18.8. The number of amides is 1. The van der Waals surface area contributed by atoms with Crippen LogP contribution in [0.15, 0.2) is 41.8 Å². The molecule has 0 aliphatic carbocycles. The average Bonchev–Trinajstić information content (AvgIpc) is 3.03. The standard InChI is InChI=1S/C20H16Cl2N4O4S/c1-30-16-6-12(14(21)7-15(16)22)17-13-10-26(9-11-4-3-5-23-8-11)19(27)18(13)25-20(24-17)31(2,28)29/h3-8H,9-10H2,1-2H3. The lowest BCUT2D eigenvalue weighted by molar-refractivity contribution is 0.0762. The number of pyridine rings is 1. The second-order valence-corrected chi connectivity index (χ2v) is 9.67. The number of aromatic nitrogens is 3. The molecule has 1 amide bonds. The Morgan fingerprint density at radius 2 is 1.90 bits per heavy atom. The number of carbonyl (C=O) groups is 1. The third-order valence-electron chi connectivity index (χ3n) is 4.75. The number of benzene rings is 1. The van der Waals surface area contributed by atoms with Crippen molar-refractivity contribution in [2.24, 2.45) is 0 Å². The van der Waals surface area contributed by atoms with E-state index >= 15 is 0 Å². The van der Waals surface area contributed by atoms with Gasteiger partial charge in [-0.15, -0.1) is 0 Å². The summed E-state index contributed by atoms with van der Waals surface area (Å²) in [6, 6.07) is 6.66. The lowest BCUT2D eigenvalue weighted by atomic mass is 10.1. The van der Waals surface area contributed by atoms with Crippen molar-refractivity contribution in [1.29, 1.82) is 0 Å². The molecule has 1 aliphatic rings. The Morgan fingerprint density at radius 1 is 1.16 bits per heavy atom. The highest BCUT2D eigenvalue weighted by atomic mass is 35.5. The van der Waals surface area contributed by atoms with E-state index in [0.717, 1.165) is 11.8 Å². The van der Waals surface area contributed by atoms with Gasteiger partial charge in [0.1, 0.15) is 11.4 Å². The maximum atomic E-state index is 13.1. The summed E-state index contributed by atoms with van der Waals surface area (Å²) in [4.78, 5) is 27.0. The van der Waals surface area contributed by atoms with Crippen LogP contribution >= 0.6 is 23.2 Å². The molecule has 3 aromatic rings. The summed E-state index contributed by atoms with van der Waals surface area (Å²) in [6.07, 6.45) is 4.28. The van der Waals surface area contributed by atoms with Crippen LogP contribution in [0, 0.1) is 0 Å². The quantitative estimate of drug-likeness (QED) is 0.517. The van der Waals surface area contributed by atoms with Crippen LogP contribution in [0.5, 0.6) is 5.75 Å². The zero-order valence-electron chi connectivity index (χ0n) is 16.5. The van der Waals surface area contributed by atoms with E-state index < -0.39 is 20.9 Å². The first-order valence-corrected chi connectivity index (χ1v) is 11.7. The molecular formula is C20H16Cl2N4O4S. The Morgan fingerprint density at radius 3 is 2.55 bits per heavy atom. The number of fused-ring (bicyclic) bond motifs is 1. The predicted molar refractivity (Wildman–Crippen MR) is 115 cm³/mol. The fourth-order valence-electron chi connectivity index (χ4n) is 3.30. The maximum absolute atomic E-state index is 13.1. The summed E-state index contributed by atoms with van der Waals surface area (Å²) >= 11 is 12.5. The van der Waals surface area contributed by atoms with Gasteiger partial charge in [-0.3, -0.25) is 9.78 Å². The number of nitrogens with zero attached hydrogens (tertiary/aromatic N) is 4. The first-order valence-electron chi connectivity index (χ1n) is 9.01. The molecule has 8 nitrogen and oxygen atoms in total. The van der Waals surface area contributed by atoms with Crippen LogP contribution in [0.25, 0.3) is 11.3 Å². The molecule has 0 atom stereocenters. The molecule has 11 heteroatoms. The van der Waals surface area contributed by atoms with Crippen LogP contribution in [-0.4, -0.2) is 47.5 Å². The summed E-state index contributed by atoms with van der Waals surface area (Å²) < 4.78 is 29.7. The molecule has 0 unspecified atom stereocenters. The third-order valence-corrected chi connectivity index (χ3v) is 6.20. The van der Waals surface area contributed by atoms with Gasteiger partial charge in [0, 0.05) is 36.3 Å². The van der Waals surface area contributed by atoms with Crippen molar-refractivity contribution in [2.45, 2.75) is 18.2 Å². The Kier molecular flexibility index (Phi) is 5.59. The molecule has 1 aliphatic heterocycles. The molecule has 3 heterocycles. The molecular weight excluding hydrogens is 463 g/mol. The van der Waals surface area contributed by atoms with Crippen molar-refractivity contribution >= 4 is 38.9 Å². The van der Waals surface area contributed by atoms with Gasteiger partial charge in [0.25, 0.3) is 5.91 Å². The Hall–Kier alpha value is -2.75. The van der Waals surface area contributed by atoms with E-state index in [1.807, 2.05) is 6.07 Å². The molecule has 4 rings (SSSR count). The van der Waals surface area contributed by atoms with Crippen molar-refractivity contribution in [1.82, 2.24) is 19.9 Å². The van der Waals surface area contributed by atoms with E-state index in [1.165, 1.54) is 13.2 Å². The second kappa shape index (κ2) is 8.07. The molecule has 0 bridgehead atoms. The minimum atomic E-state index is -3.79. The monoisotopic (exact) mass is 478 g/mol. The zero-order chi connectivity index (χ0) is 22.3. The smallest absolute Gasteiger partial charge is 0.273 e. The molecule has 0 saturated carbocycles. The highest BCUT2D eigenvalue weighted by Gasteiger charge is 2.35. The number of sulfone groups is 1. The van der Waals surface area contributed by atoms with Crippen LogP contribution in [-0.2, 0) is 22.9 Å². The number of carbonyl (C=O) groups excluding carboxylic acids is 1. The van der Waals surface area contributed by atoms with Gasteiger partial charge in [0.05, 0.1) is 29.4 Å². The Labute approximate surface area is 188 Å². The van der Waals surface area contributed by atoms with Crippen LogP contribution in [0.1, 0.15) is 21.6 Å². The first-order chi connectivity index (χ1) is 14.7. The van der Waals surface area contributed by atoms with Gasteiger partial charge in [-0.25, -0.2) is 18.4 Å². The van der Waals surface area contributed by atoms with Crippen LogP contribution < -0.4 is 4.74 Å². The summed E-state index contributed by atoms with van der Waals surface area (Å²) in [7, 11) is -2.35. The molecule has 160 valence electrons. The lowest BCUT2D eigenvalue weighted by Crippen LogP contribution is -2.23. The number of rotatable bonds is 5. The fraction of sp³-hybridized carbons (Fsp3) is 0.200. The fourth-order valence-corrected chi connectivity index (χ4v) is 4.36. The summed E-state index contributed by atoms with van der Waals surface area (Å²) in [5, 5.41) is 0.0756. The molecule has 2 aromatic heterocycles. The maximum Gasteiger partial charge on any atom is 0.273 e. The Bertz CT molecular complexity index is 1300. The molecule has 31 heavy (non-hydrogen) atoms. The minimum absolute atomic E-state index is 0.0271. The van der Waals surface area contributed by atoms with Gasteiger partial charge >= 0.3 is 0 Å². The van der Waals surface area contributed by atoms with Crippen LogP contribution in [0.2, 0.25) is 10.0 Å². The van der Waals surface area contributed by atoms with Crippen molar-refractivity contribution in [3.05, 3.63) is 63.5 Å². The first kappa shape index (κ1) is 21.5. The Balaban J connectivity index is 1.88. The van der Waals surface area contributed by atoms with Gasteiger partial charge in [-0.05, 0) is 23.8 Å². The van der Waals surface area contributed by atoms with E-state index in [0.29, 0.717) is 21.9 Å². The van der Waals surface area contributed by atoms with Gasteiger partial charge < -0.3 is 9.64 Å². The van der Waals surface area contributed by atoms with Crippen molar-refractivity contribution < 1.29 is 17.9 Å². The predicted octanol–water partition coefficient (Wildman–Crippen LogP) is 3.41. The third kappa shape index (κ3) is 4.08. The molecule has 0 spiro atoms. The van der Waals surface area contributed by atoms with E-state index in [2.05, 4.69) is 15.0 Å². The number of ether oxygens (including phenoxy) is 1. The number of hydrogen-bond donors (Lipinski definition) is 0. The largest absolute Gasteiger partial charge is 0.495 e. The second-order valence-electron chi connectivity index (χ2n) is 6.94. The topological polar surface area (TPSA) is 102 Å². The van der Waals surface area contributed by atoms with Gasteiger partial charge in [0.15, 0.2) is 0 Å². The van der Waals surface area contributed by atoms with E-state index in [9.17, 15) is 13.2 Å². The molecule has 0 saturated heterocycles. The van der Waals surface area contributed by atoms with Crippen LogP contribution in [0.3, 0.4) is 0 Å². The number of methoxy groups -OCH3 is 1. The van der Waals surface area contributed by atoms with E-state index in [-0.39, 0.29) is 29.5 Å². The number of halogens is 2. The van der Waals surface area contributed by atoms with Crippen molar-refractivity contribution in [3.63, 3.8) is 0 Å². The van der Waals surface area contributed by atoms with Crippen molar-refractivity contribution in [3.8, 4) is 17.0 Å². The van der Waals surface area contributed by atoms with Gasteiger partial charge in [-0.1, -0.05) is 29.3 Å². The highest BCUT2D eigenvalue weighted by molar-refractivity contribution is 7.90. The molecule has 1 aromatic carbocycles. The van der Waals surface area contributed by atoms with Gasteiger partial charge in [-0.2, -0.15) is 0 Å². The summed E-state index contributed by atoms with van der Waals surface area (Å²) in [5.41, 5.74) is 1.97. The van der Waals surface area contributed by atoms with Crippen molar-refractivity contribution in [2.75, 3.05) is 13.4 Å². The van der Waals surface area contributed by atoms with E-state index in [4.69, 9.17) is 27.9 Å². The average molecular weight is 479 g/mol.